The fourth-order valence-electron chi connectivity index (χ4n) is 6.49. The summed E-state index contributed by atoms with van der Waals surface area (Å²) in [6.45, 7) is 13.6. The normalized spacial score (nSPS) is 20.9. The summed E-state index contributed by atoms with van der Waals surface area (Å²) in [5.41, 5.74) is 6.61. The van der Waals surface area contributed by atoms with E-state index >= 15 is 0 Å². The molecule has 2 saturated heterocycles. The van der Waals surface area contributed by atoms with E-state index < -0.39 is 9.73 Å². The van der Waals surface area contributed by atoms with Crippen LogP contribution in [0.2, 0.25) is 0 Å². The zero-order valence-corrected chi connectivity index (χ0v) is 26.7. The van der Waals surface area contributed by atoms with Crippen LogP contribution in [0.4, 0.5) is 11.4 Å². The van der Waals surface area contributed by atoms with Crippen LogP contribution in [0.15, 0.2) is 65.6 Å². The summed E-state index contributed by atoms with van der Waals surface area (Å²) in [6, 6.07) is 22.0. The smallest absolute Gasteiger partial charge is 0.254 e. The van der Waals surface area contributed by atoms with E-state index in [0.717, 1.165) is 48.7 Å². The number of carbonyl (C=O) groups excluding carboxylic acids is 1. The van der Waals surface area contributed by atoms with Gasteiger partial charge in [-0.05, 0) is 74.7 Å². The fourth-order valence-corrected chi connectivity index (χ4v) is 7.42. The summed E-state index contributed by atoms with van der Waals surface area (Å²) in [5, 5.41) is 9.56. The number of anilines is 2. The maximum absolute atomic E-state index is 14.0. The highest BCUT2D eigenvalue weighted by Gasteiger charge is 2.31. The van der Waals surface area contributed by atoms with E-state index in [1.807, 2.05) is 54.3 Å². The van der Waals surface area contributed by atoms with Gasteiger partial charge in [0.05, 0.1) is 31.6 Å². The highest BCUT2D eigenvalue weighted by atomic mass is 32.2. The number of aryl methyl sites for hydroxylation is 2. The molecule has 2 fully saturated rings. The number of nitriles is 1. The molecule has 43 heavy (non-hydrogen) atoms. The Balaban J connectivity index is 1.29. The lowest BCUT2D eigenvalue weighted by atomic mass is 9.97. The first-order valence-corrected chi connectivity index (χ1v) is 16.9. The predicted octanol–water partition coefficient (Wildman–Crippen LogP) is 5.27. The molecular formula is C34H42N6O2S. The molecule has 2 heterocycles. The quantitative estimate of drug-likeness (QED) is 0.415. The number of rotatable bonds is 6. The molecule has 3 atom stereocenters. The fraction of sp³-hybridized carbons (Fsp3) is 0.412. The first kappa shape index (κ1) is 30.6. The van der Waals surface area contributed by atoms with Gasteiger partial charge in [0, 0.05) is 69.7 Å². The van der Waals surface area contributed by atoms with Crippen molar-refractivity contribution < 1.29 is 9.00 Å². The van der Waals surface area contributed by atoms with Crippen LogP contribution >= 0.6 is 0 Å². The van der Waals surface area contributed by atoms with Crippen molar-refractivity contribution >= 4 is 27.0 Å². The lowest BCUT2D eigenvalue weighted by Gasteiger charge is -2.42. The van der Waals surface area contributed by atoms with Crippen LogP contribution in [0.25, 0.3) is 0 Å². The van der Waals surface area contributed by atoms with Gasteiger partial charge < -0.3 is 14.7 Å². The minimum absolute atomic E-state index is 0.0403. The van der Waals surface area contributed by atoms with Crippen LogP contribution in [0.5, 0.6) is 0 Å². The minimum Gasteiger partial charge on any atom is -0.368 e. The largest absolute Gasteiger partial charge is 0.368 e. The molecule has 2 aliphatic rings. The third-order valence-electron chi connectivity index (χ3n) is 8.93. The molecule has 226 valence electrons. The highest BCUT2D eigenvalue weighted by molar-refractivity contribution is 7.91. The predicted molar refractivity (Wildman–Crippen MR) is 173 cm³/mol. The Bertz CT molecular complexity index is 1660. The van der Waals surface area contributed by atoms with E-state index in [2.05, 4.69) is 53.7 Å². The van der Waals surface area contributed by atoms with Gasteiger partial charge in [-0.1, -0.05) is 30.3 Å². The van der Waals surface area contributed by atoms with E-state index in [1.165, 1.54) is 17.4 Å². The molecule has 5 rings (SSSR count). The summed E-state index contributed by atoms with van der Waals surface area (Å²) >= 11 is 0. The molecule has 2 aliphatic heterocycles. The average Bonchev–Trinajstić information content (AvgIpc) is 2.98. The second-order valence-corrected chi connectivity index (χ2v) is 14.2. The Labute approximate surface area is 256 Å². The van der Waals surface area contributed by atoms with Gasteiger partial charge in [-0.25, -0.2) is 8.99 Å². The van der Waals surface area contributed by atoms with Gasteiger partial charge in [0.15, 0.2) is 0 Å². The molecule has 3 aromatic rings. The number of nitrogens with zero attached hydrogens (tertiary/aromatic N) is 5. The first-order valence-electron chi connectivity index (χ1n) is 14.9. The van der Waals surface area contributed by atoms with E-state index in [4.69, 9.17) is 4.78 Å². The Hall–Kier alpha value is -3.87. The molecule has 8 nitrogen and oxygen atoms in total. The maximum atomic E-state index is 14.0. The topological polar surface area (TPSA) is 94.7 Å². The number of nitrogens with one attached hydrogen (secondary N) is 1. The van der Waals surface area contributed by atoms with E-state index in [0.29, 0.717) is 30.1 Å². The molecule has 3 aromatic carbocycles. The second-order valence-electron chi connectivity index (χ2n) is 12.1. The van der Waals surface area contributed by atoms with Crippen molar-refractivity contribution in [3.8, 4) is 6.07 Å². The standard InChI is InChI=1S/C34H42N6O2S/c1-24-18-25(2)30(19-29(24)23-37-14-15-38(21-26(37)3)31-11-7-6-10-28(31)20-35)34(41)40-17-16-39(22-27(40)4)32-12-8-9-13-33(32)43(5,36)42/h6-13,18-19,26-27,36H,14-17,21-23H2,1-5H3/t26-,27-,43?/m0/s1. The molecule has 0 aliphatic carbocycles. The molecule has 9 heteroatoms. The number of hydrogen-bond donors (Lipinski definition) is 1. The van der Waals surface area contributed by atoms with Crippen molar-refractivity contribution in [2.75, 3.05) is 55.3 Å². The lowest BCUT2D eigenvalue weighted by Crippen LogP contribution is -2.54. The molecule has 1 N–H and O–H groups in total. The summed E-state index contributed by atoms with van der Waals surface area (Å²) in [6.07, 6.45) is 1.46. The summed E-state index contributed by atoms with van der Waals surface area (Å²) in [7, 11) is -2.87. The Morgan fingerprint density at radius 3 is 2.21 bits per heavy atom. The lowest BCUT2D eigenvalue weighted by molar-refractivity contribution is 0.0673. The molecular weight excluding hydrogens is 556 g/mol. The van der Waals surface area contributed by atoms with Crippen LogP contribution in [0.3, 0.4) is 0 Å². The molecule has 0 aromatic heterocycles. The van der Waals surface area contributed by atoms with E-state index in [1.54, 1.807) is 6.07 Å². The Kier molecular flexibility index (Phi) is 8.81. The second kappa shape index (κ2) is 12.4. The zero-order chi connectivity index (χ0) is 30.9. The van der Waals surface area contributed by atoms with Crippen LogP contribution in [0, 0.1) is 30.0 Å². The maximum Gasteiger partial charge on any atom is 0.254 e. The van der Waals surface area contributed by atoms with Crippen molar-refractivity contribution in [2.45, 2.75) is 51.2 Å². The first-order chi connectivity index (χ1) is 20.5. The highest BCUT2D eigenvalue weighted by Crippen LogP contribution is 2.29. The monoisotopic (exact) mass is 598 g/mol. The Morgan fingerprint density at radius 1 is 0.907 bits per heavy atom. The van der Waals surface area contributed by atoms with Gasteiger partial charge >= 0.3 is 0 Å². The van der Waals surface area contributed by atoms with Crippen molar-refractivity contribution in [3.05, 3.63) is 88.5 Å². The number of para-hydroxylation sites is 2. The van der Waals surface area contributed by atoms with Crippen LogP contribution in [-0.4, -0.2) is 77.5 Å². The molecule has 0 spiro atoms. The third kappa shape index (κ3) is 6.41. The molecule has 1 amide bonds. The van der Waals surface area contributed by atoms with Gasteiger partial charge in [0.25, 0.3) is 5.91 Å². The van der Waals surface area contributed by atoms with Crippen molar-refractivity contribution in [2.24, 2.45) is 0 Å². The molecule has 0 bridgehead atoms. The third-order valence-corrected chi connectivity index (χ3v) is 10.1. The van der Waals surface area contributed by atoms with Crippen molar-refractivity contribution in [1.29, 1.82) is 10.0 Å². The number of carbonyl (C=O) groups is 1. The SMILES string of the molecule is Cc1cc(C)c(C(=O)N2CCN(c3ccccc3S(C)(=N)=O)C[C@@H]2C)cc1CN1CCN(c2ccccc2C#N)C[C@@H]1C. The van der Waals surface area contributed by atoms with E-state index in [-0.39, 0.29) is 18.0 Å². The number of amides is 1. The summed E-state index contributed by atoms with van der Waals surface area (Å²) < 4.78 is 20.8. The average molecular weight is 599 g/mol. The summed E-state index contributed by atoms with van der Waals surface area (Å²) in [5.74, 6) is 0.0462. The van der Waals surface area contributed by atoms with Gasteiger partial charge in [-0.2, -0.15) is 5.26 Å². The molecule has 1 unspecified atom stereocenters. The van der Waals surface area contributed by atoms with Gasteiger partial charge in [-0.3, -0.25) is 9.69 Å². The molecule has 0 radical (unpaired) electrons. The zero-order valence-electron chi connectivity index (χ0n) is 25.8. The van der Waals surface area contributed by atoms with Gasteiger partial charge in [-0.15, -0.1) is 0 Å². The van der Waals surface area contributed by atoms with Crippen molar-refractivity contribution in [3.63, 3.8) is 0 Å². The summed E-state index contributed by atoms with van der Waals surface area (Å²) in [4.78, 5) is 23.4. The van der Waals surface area contributed by atoms with Crippen LogP contribution < -0.4 is 9.80 Å². The van der Waals surface area contributed by atoms with Crippen molar-refractivity contribution in [1.82, 2.24) is 9.80 Å². The Morgan fingerprint density at radius 2 is 1.53 bits per heavy atom. The molecule has 0 saturated carbocycles. The van der Waals surface area contributed by atoms with E-state index in [9.17, 15) is 14.3 Å². The minimum atomic E-state index is -2.87. The number of piperazine rings is 2. The number of benzene rings is 3. The van der Waals surface area contributed by atoms with Gasteiger partial charge in [0.1, 0.15) is 6.07 Å². The van der Waals surface area contributed by atoms with Crippen LogP contribution in [0.1, 0.15) is 46.5 Å². The van der Waals surface area contributed by atoms with Gasteiger partial charge in [0.2, 0.25) is 0 Å². The number of hydrogen-bond acceptors (Lipinski definition) is 7. The van der Waals surface area contributed by atoms with Crippen LogP contribution in [-0.2, 0) is 16.3 Å².